The maximum atomic E-state index is 12.4. The first kappa shape index (κ1) is 20.3. The molecule has 1 amide bonds. The van der Waals surface area contributed by atoms with Gasteiger partial charge in [-0.2, -0.15) is 0 Å². The highest BCUT2D eigenvalue weighted by Crippen LogP contribution is 2.26. The van der Waals surface area contributed by atoms with Crippen LogP contribution >= 0.6 is 0 Å². The van der Waals surface area contributed by atoms with Crippen LogP contribution in [0.15, 0.2) is 29.8 Å². The Balaban J connectivity index is 1.85. The number of allylic oxidation sites excluding steroid dienone is 1. The topological polar surface area (TPSA) is 50.8 Å². The maximum Gasteiger partial charge on any atom is 0.237 e. The van der Waals surface area contributed by atoms with Crippen LogP contribution in [-0.4, -0.2) is 44.7 Å². The van der Waals surface area contributed by atoms with Crippen molar-refractivity contribution in [3.63, 3.8) is 0 Å². The Morgan fingerprint density at radius 3 is 2.73 bits per heavy atom. The molecule has 1 aliphatic rings. The second-order valence-corrected chi connectivity index (χ2v) is 6.92. The van der Waals surface area contributed by atoms with E-state index in [-0.39, 0.29) is 11.9 Å². The Morgan fingerprint density at radius 1 is 1.27 bits per heavy atom. The van der Waals surface area contributed by atoms with E-state index in [1.807, 2.05) is 37.1 Å². The van der Waals surface area contributed by atoms with Crippen molar-refractivity contribution in [2.45, 2.75) is 51.6 Å². The molecule has 0 heterocycles. The summed E-state index contributed by atoms with van der Waals surface area (Å²) in [6.45, 7) is 3.28. The molecule has 0 spiro atoms. The highest BCUT2D eigenvalue weighted by Gasteiger charge is 2.19. The third kappa shape index (κ3) is 5.77. The number of hydrogen-bond acceptors (Lipinski definition) is 4. The van der Waals surface area contributed by atoms with Gasteiger partial charge in [0.15, 0.2) is 0 Å². The molecule has 0 radical (unpaired) electrons. The summed E-state index contributed by atoms with van der Waals surface area (Å²) in [5, 5.41) is 3.07. The van der Waals surface area contributed by atoms with Crippen molar-refractivity contribution in [3.05, 3.63) is 35.4 Å². The lowest BCUT2D eigenvalue weighted by molar-refractivity contribution is -0.125. The van der Waals surface area contributed by atoms with Crippen molar-refractivity contribution in [3.8, 4) is 11.5 Å². The third-order valence-corrected chi connectivity index (χ3v) is 5.08. The lowest BCUT2D eigenvalue weighted by Gasteiger charge is -2.25. The number of nitrogens with zero attached hydrogens (tertiary/aromatic N) is 1. The Kier molecular flexibility index (Phi) is 7.98. The van der Waals surface area contributed by atoms with Gasteiger partial charge in [0.05, 0.1) is 20.3 Å². The highest BCUT2D eigenvalue weighted by atomic mass is 16.5. The average molecular weight is 360 g/mol. The summed E-state index contributed by atoms with van der Waals surface area (Å²) in [6.07, 6.45) is 8.25. The molecule has 0 aliphatic heterocycles. The van der Waals surface area contributed by atoms with E-state index in [0.29, 0.717) is 13.1 Å². The minimum absolute atomic E-state index is 0.0661. The first-order valence-corrected chi connectivity index (χ1v) is 9.42. The number of carbonyl (C=O) groups excluding carboxylic acids is 1. The second-order valence-electron chi connectivity index (χ2n) is 6.92. The zero-order valence-corrected chi connectivity index (χ0v) is 16.5. The minimum Gasteiger partial charge on any atom is -0.497 e. The van der Waals surface area contributed by atoms with E-state index in [2.05, 4.69) is 11.4 Å². The lowest BCUT2D eigenvalue weighted by atomic mass is 9.97. The van der Waals surface area contributed by atoms with E-state index in [1.165, 1.54) is 31.3 Å². The van der Waals surface area contributed by atoms with Crippen LogP contribution in [0.3, 0.4) is 0 Å². The molecule has 0 fully saturated rings. The zero-order valence-electron chi connectivity index (χ0n) is 16.5. The Hall–Kier alpha value is -2.01. The van der Waals surface area contributed by atoms with Gasteiger partial charge in [-0.05, 0) is 52.1 Å². The van der Waals surface area contributed by atoms with E-state index >= 15 is 0 Å². The van der Waals surface area contributed by atoms with Crippen molar-refractivity contribution < 1.29 is 14.3 Å². The van der Waals surface area contributed by atoms with Gasteiger partial charge in [-0.1, -0.05) is 17.7 Å². The second kappa shape index (κ2) is 10.2. The summed E-state index contributed by atoms with van der Waals surface area (Å²) >= 11 is 0. The molecule has 0 saturated heterocycles. The van der Waals surface area contributed by atoms with Gasteiger partial charge in [-0.15, -0.1) is 0 Å². The summed E-state index contributed by atoms with van der Waals surface area (Å²) in [5.74, 6) is 1.60. The summed E-state index contributed by atoms with van der Waals surface area (Å²) < 4.78 is 10.7. The van der Waals surface area contributed by atoms with Crippen LogP contribution in [-0.2, 0) is 11.3 Å². The van der Waals surface area contributed by atoms with Crippen LogP contribution in [0.2, 0.25) is 0 Å². The average Bonchev–Trinajstić information content (AvgIpc) is 2.68. The van der Waals surface area contributed by atoms with Gasteiger partial charge in [0.1, 0.15) is 11.5 Å². The van der Waals surface area contributed by atoms with Crippen LogP contribution in [0.25, 0.3) is 0 Å². The molecule has 1 atom stereocenters. The quantitative estimate of drug-likeness (QED) is 0.685. The Bertz CT molecular complexity index is 628. The smallest absolute Gasteiger partial charge is 0.237 e. The van der Waals surface area contributed by atoms with Crippen LogP contribution in [0, 0.1) is 0 Å². The fourth-order valence-electron chi connectivity index (χ4n) is 3.21. The molecular formula is C21H32N2O3. The molecule has 2 rings (SSSR count). The maximum absolute atomic E-state index is 12.4. The predicted octanol–water partition coefficient (Wildman–Crippen LogP) is 3.53. The van der Waals surface area contributed by atoms with Crippen molar-refractivity contribution in [1.82, 2.24) is 10.2 Å². The van der Waals surface area contributed by atoms with Gasteiger partial charge < -0.3 is 14.8 Å². The molecule has 1 aromatic carbocycles. The first-order valence-electron chi connectivity index (χ1n) is 9.42. The van der Waals surface area contributed by atoms with E-state index in [1.54, 1.807) is 14.2 Å². The standard InChI is InChI=1S/C21H32N2O3/c1-16(21(24)22-13-12-17-8-6-5-7-9-17)23(2)15-18-10-11-19(25-3)14-20(18)26-4/h8,10-11,14,16H,5-7,9,12-13,15H2,1-4H3,(H,22,24). The van der Waals surface area contributed by atoms with E-state index in [4.69, 9.17) is 9.47 Å². The molecular weight excluding hydrogens is 328 g/mol. The number of carbonyl (C=O) groups is 1. The number of hydrogen-bond donors (Lipinski definition) is 1. The number of benzene rings is 1. The summed E-state index contributed by atoms with van der Waals surface area (Å²) in [5.41, 5.74) is 2.52. The van der Waals surface area contributed by atoms with Gasteiger partial charge in [-0.3, -0.25) is 9.69 Å². The largest absolute Gasteiger partial charge is 0.497 e. The molecule has 5 nitrogen and oxygen atoms in total. The van der Waals surface area contributed by atoms with E-state index in [0.717, 1.165) is 23.5 Å². The fourth-order valence-corrected chi connectivity index (χ4v) is 3.21. The number of amides is 1. The molecule has 5 heteroatoms. The first-order chi connectivity index (χ1) is 12.5. The lowest BCUT2D eigenvalue weighted by Crippen LogP contribution is -2.43. The van der Waals surface area contributed by atoms with Gasteiger partial charge in [0.25, 0.3) is 0 Å². The van der Waals surface area contributed by atoms with Gasteiger partial charge in [0, 0.05) is 24.7 Å². The van der Waals surface area contributed by atoms with Crippen LogP contribution in [0.1, 0.15) is 44.6 Å². The number of methoxy groups -OCH3 is 2. The highest BCUT2D eigenvalue weighted by molar-refractivity contribution is 5.81. The minimum atomic E-state index is -0.206. The molecule has 0 saturated carbocycles. The number of ether oxygens (including phenoxy) is 2. The zero-order chi connectivity index (χ0) is 18.9. The Morgan fingerprint density at radius 2 is 2.08 bits per heavy atom. The van der Waals surface area contributed by atoms with E-state index in [9.17, 15) is 4.79 Å². The molecule has 1 aromatic rings. The third-order valence-electron chi connectivity index (χ3n) is 5.08. The van der Waals surface area contributed by atoms with Gasteiger partial charge in [-0.25, -0.2) is 0 Å². The van der Waals surface area contributed by atoms with Crippen LogP contribution < -0.4 is 14.8 Å². The molecule has 26 heavy (non-hydrogen) atoms. The summed E-state index contributed by atoms with van der Waals surface area (Å²) in [6, 6.07) is 5.55. The molecule has 1 aliphatic carbocycles. The summed E-state index contributed by atoms with van der Waals surface area (Å²) in [4.78, 5) is 14.5. The molecule has 0 bridgehead atoms. The Labute approximate surface area is 157 Å². The van der Waals surface area contributed by atoms with Gasteiger partial charge >= 0.3 is 0 Å². The molecule has 144 valence electrons. The van der Waals surface area contributed by atoms with Crippen molar-refractivity contribution in [1.29, 1.82) is 0 Å². The molecule has 1 N–H and O–H groups in total. The number of rotatable bonds is 9. The molecule has 0 aromatic heterocycles. The van der Waals surface area contributed by atoms with Crippen LogP contribution in [0.4, 0.5) is 0 Å². The van der Waals surface area contributed by atoms with E-state index < -0.39 is 0 Å². The number of likely N-dealkylation sites (N-methyl/N-ethyl adjacent to an activating group) is 1. The monoisotopic (exact) mass is 360 g/mol. The van der Waals surface area contributed by atoms with Crippen molar-refractivity contribution >= 4 is 5.91 Å². The fraction of sp³-hybridized carbons (Fsp3) is 0.571. The van der Waals surface area contributed by atoms with Crippen molar-refractivity contribution in [2.75, 3.05) is 27.8 Å². The number of nitrogens with one attached hydrogen (secondary N) is 1. The van der Waals surface area contributed by atoms with Crippen LogP contribution in [0.5, 0.6) is 11.5 Å². The normalized spacial score (nSPS) is 15.3. The van der Waals surface area contributed by atoms with Crippen molar-refractivity contribution in [2.24, 2.45) is 0 Å². The SMILES string of the molecule is COc1ccc(CN(C)C(C)C(=O)NCCC2=CCCCC2)c(OC)c1. The predicted molar refractivity (Wildman–Crippen MR) is 105 cm³/mol. The summed E-state index contributed by atoms with van der Waals surface area (Å²) in [7, 11) is 5.24. The molecule has 1 unspecified atom stereocenters. The van der Waals surface area contributed by atoms with Gasteiger partial charge in [0.2, 0.25) is 5.91 Å².